The van der Waals surface area contributed by atoms with Crippen LogP contribution in [0.2, 0.25) is 0 Å². The van der Waals surface area contributed by atoms with E-state index in [9.17, 15) is 4.79 Å². The number of Topliss-reactive ketones (excluding diaryl/α,β-unsaturated/α-hetero) is 1. The molecule has 0 amide bonds. The minimum Gasteiger partial charge on any atom is -0.298 e. The lowest BCUT2D eigenvalue weighted by Crippen LogP contribution is -2.28. The molecule has 0 aliphatic rings. The molecule has 0 spiro atoms. The van der Waals surface area contributed by atoms with Crippen molar-refractivity contribution in [2.24, 2.45) is 5.41 Å². The first-order chi connectivity index (χ1) is 8.98. The highest BCUT2D eigenvalue weighted by molar-refractivity contribution is 5.90. The maximum absolute atomic E-state index is 12.6. The summed E-state index contributed by atoms with van der Waals surface area (Å²) in [5.41, 5.74) is 1.45. The van der Waals surface area contributed by atoms with Crippen molar-refractivity contribution in [2.75, 3.05) is 0 Å². The molecule has 1 unspecified atom stereocenters. The number of benzene rings is 1. The summed E-state index contributed by atoms with van der Waals surface area (Å²) in [6, 6.07) is 10.00. The van der Waals surface area contributed by atoms with Crippen molar-refractivity contribution >= 4 is 5.78 Å². The molecule has 19 heavy (non-hydrogen) atoms. The third-order valence-corrected chi connectivity index (χ3v) is 3.13. The molecule has 1 heterocycles. The van der Waals surface area contributed by atoms with Crippen LogP contribution in [0.5, 0.6) is 0 Å². The van der Waals surface area contributed by atoms with Crippen LogP contribution in [0.3, 0.4) is 0 Å². The van der Waals surface area contributed by atoms with Gasteiger partial charge in [-0.1, -0.05) is 51.1 Å². The molecule has 2 aromatic rings. The molecule has 0 aliphatic carbocycles. The number of hydrogen-bond donors (Lipinski definition) is 1. The molecule has 1 aromatic carbocycles. The Kier molecular flexibility index (Phi) is 3.79. The predicted octanol–water partition coefficient (Wildman–Crippen LogP) is 2.75. The standard InChI is InChI=1S/C15H19N3O/c1-15(2,3)14(19)12(13-10-16-18-17-13)9-11-7-5-4-6-8-11/h4-8,10,12H,9H2,1-3H3,(H,16,17,18). The van der Waals surface area contributed by atoms with Gasteiger partial charge in [-0.3, -0.25) is 4.79 Å². The summed E-state index contributed by atoms with van der Waals surface area (Å²) < 4.78 is 0. The van der Waals surface area contributed by atoms with Gasteiger partial charge in [0.1, 0.15) is 5.78 Å². The maximum atomic E-state index is 12.6. The maximum Gasteiger partial charge on any atom is 0.147 e. The molecule has 0 saturated carbocycles. The van der Waals surface area contributed by atoms with Crippen molar-refractivity contribution < 1.29 is 4.79 Å². The van der Waals surface area contributed by atoms with Crippen LogP contribution in [-0.2, 0) is 11.2 Å². The number of nitrogens with zero attached hydrogens (tertiary/aromatic N) is 2. The summed E-state index contributed by atoms with van der Waals surface area (Å²) in [6.45, 7) is 5.81. The summed E-state index contributed by atoms with van der Waals surface area (Å²) in [6.07, 6.45) is 2.29. The van der Waals surface area contributed by atoms with Gasteiger partial charge in [-0.25, -0.2) is 0 Å². The van der Waals surface area contributed by atoms with Gasteiger partial charge in [0.05, 0.1) is 17.8 Å². The minimum absolute atomic E-state index is 0.185. The Morgan fingerprint density at radius 1 is 1.26 bits per heavy atom. The van der Waals surface area contributed by atoms with E-state index in [1.807, 2.05) is 51.1 Å². The van der Waals surface area contributed by atoms with Gasteiger partial charge in [-0.2, -0.15) is 15.4 Å². The summed E-state index contributed by atoms with van der Waals surface area (Å²) in [7, 11) is 0. The molecule has 2 rings (SSSR count). The zero-order valence-electron chi connectivity index (χ0n) is 11.6. The Morgan fingerprint density at radius 2 is 1.95 bits per heavy atom. The number of aromatic nitrogens is 3. The van der Waals surface area contributed by atoms with Crippen LogP contribution in [0.25, 0.3) is 0 Å². The summed E-state index contributed by atoms with van der Waals surface area (Å²) >= 11 is 0. The normalized spacial score (nSPS) is 13.2. The Labute approximate surface area is 113 Å². The lowest BCUT2D eigenvalue weighted by molar-refractivity contribution is -0.127. The van der Waals surface area contributed by atoms with E-state index in [2.05, 4.69) is 15.4 Å². The zero-order valence-corrected chi connectivity index (χ0v) is 11.6. The van der Waals surface area contributed by atoms with Gasteiger partial charge in [-0.15, -0.1) is 0 Å². The SMILES string of the molecule is CC(C)(C)C(=O)C(Cc1ccccc1)c1cn[nH]n1. The Hall–Kier alpha value is -1.97. The number of aromatic amines is 1. The van der Waals surface area contributed by atoms with E-state index >= 15 is 0 Å². The first-order valence-electron chi connectivity index (χ1n) is 6.42. The van der Waals surface area contributed by atoms with E-state index in [1.54, 1.807) is 6.20 Å². The molecular formula is C15H19N3O. The molecule has 0 fully saturated rings. The van der Waals surface area contributed by atoms with Crippen molar-refractivity contribution in [3.63, 3.8) is 0 Å². The van der Waals surface area contributed by atoms with Gasteiger partial charge in [0, 0.05) is 5.41 Å². The Balaban J connectivity index is 2.28. The minimum atomic E-state index is -0.390. The number of H-pyrrole nitrogens is 1. The quantitative estimate of drug-likeness (QED) is 0.916. The van der Waals surface area contributed by atoms with E-state index in [4.69, 9.17) is 0 Å². The molecule has 100 valence electrons. The smallest absolute Gasteiger partial charge is 0.147 e. The lowest BCUT2D eigenvalue weighted by Gasteiger charge is -2.23. The zero-order chi connectivity index (χ0) is 13.9. The fourth-order valence-corrected chi connectivity index (χ4v) is 2.08. The average molecular weight is 257 g/mol. The third-order valence-electron chi connectivity index (χ3n) is 3.13. The lowest BCUT2D eigenvalue weighted by atomic mass is 9.79. The summed E-state index contributed by atoms with van der Waals surface area (Å²) in [5, 5.41) is 10.5. The van der Waals surface area contributed by atoms with E-state index in [0.717, 1.165) is 5.56 Å². The molecule has 4 nitrogen and oxygen atoms in total. The van der Waals surface area contributed by atoms with Gasteiger partial charge >= 0.3 is 0 Å². The molecule has 4 heteroatoms. The second-order valence-corrected chi connectivity index (χ2v) is 5.75. The van der Waals surface area contributed by atoms with Crippen molar-refractivity contribution in [1.29, 1.82) is 0 Å². The average Bonchev–Trinajstić information content (AvgIpc) is 2.89. The summed E-state index contributed by atoms with van der Waals surface area (Å²) in [5.74, 6) is -0.0635. The second kappa shape index (κ2) is 5.34. The van der Waals surface area contributed by atoms with E-state index in [1.165, 1.54) is 0 Å². The topological polar surface area (TPSA) is 58.6 Å². The van der Waals surface area contributed by atoms with Gasteiger partial charge in [-0.05, 0) is 12.0 Å². The fourth-order valence-electron chi connectivity index (χ4n) is 2.08. The second-order valence-electron chi connectivity index (χ2n) is 5.75. The van der Waals surface area contributed by atoms with Gasteiger partial charge < -0.3 is 0 Å². The third kappa shape index (κ3) is 3.28. The van der Waals surface area contributed by atoms with Crippen LogP contribution >= 0.6 is 0 Å². The van der Waals surface area contributed by atoms with Crippen molar-refractivity contribution in [2.45, 2.75) is 33.1 Å². The fraction of sp³-hybridized carbons (Fsp3) is 0.400. The number of carbonyl (C=O) groups is 1. The van der Waals surface area contributed by atoms with Crippen LogP contribution in [0.1, 0.15) is 37.9 Å². The predicted molar refractivity (Wildman–Crippen MR) is 73.7 cm³/mol. The molecular weight excluding hydrogens is 238 g/mol. The monoisotopic (exact) mass is 257 g/mol. The molecule has 0 bridgehead atoms. The highest BCUT2D eigenvalue weighted by atomic mass is 16.1. The van der Waals surface area contributed by atoms with E-state index < -0.39 is 5.41 Å². The van der Waals surface area contributed by atoms with E-state index in [-0.39, 0.29) is 11.7 Å². The molecule has 1 atom stereocenters. The number of rotatable bonds is 4. The Morgan fingerprint density at radius 3 is 2.47 bits per heavy atom. The van der Waals surface area contributed by atoms with Crippen LogP contribution in [0, 0.1) is 5.41 Å². The highest BCUT2D eigenvalue weighted by Crippen LogP contribution is 2.28. The van der Waals surface area contributed by atoms with Gasteiger partial charge in [0.25, 0.3) is 0 Å². The van der Waals surface area contributed by atoms with Crippen molar-refractivity contribution in [1.82, 2.24) is 15.4 Å². The number of carbonyl (C=O) groups excluding carboxylic acids is 1. The molecule has 0 aliphatic heterocycles. The number of hydrogen-bond acceptors (Lipinski definition) is 3. The van der Waals surface area contributed by atoms with Crippen LogP contribution in [-0.4, -0.2) is 21.2 Å². The van der Waals surface area contributed by atoms with Gasteiger partial charge in [0.2, 0.25) is 0 Å². The van der Waals surface area contributed by atoms with Gasteiger partial charge in [0.15, 0.2) is 0 Å². The summed E-state index contributed by atoms with van der Waals surface area (Å²) in [4.78, 5) is 12.6. The largest absolute Gasteiger partial charge is 0.298 e. The van der Waals surface area contributed by atoms with Crippen LogP contribution in [0.4, 0.5) is 0 Å². The first-order valence-corrected chi connectivity index (χ1v) is 6.42. The Bertz CT molecular complexity index is 526. The molecule has 1 aromatic heterocycles. The number of nitrogens with one attached hydrogen (secondary N) is 1. The first kappa shape index (κ1) is 13.5. The van der Waals surface area contributed by atoms with E-state index in [0.29, 0.717) is 12.1 Å². The molecule has 0 radical (unpaired) electrons. The van der Waals surface area contributed by atoms with Crippen molar-refractivity contribution in [3.05, 3.63) is 47.8 Å². The van der Waals surface area contributed by atoms with Crippen molar-refractivity contribution in [3.8, 4) is 0 Å². The van der Waals surface area contributed by atoms with Crippen LogP contribution < -0.4 is 0 Å². The number of ketones is 1. The molecule has 1 N–H and O–H groups in total. The van der Waals surface area contributed by atoms with Crippen LogP contribution in [0.15, 0.2) is 36.5 Å². The molecule has 0 saturated heterocycles. The highest BCUT2D eigenvalue weighted by Gasteiger charge is 2.32.